The van der Waals surface area contributed by atoms with Gasteiger partial charge in [-0.25, -0.2) is 9.78 Å². The number of ether oxygens (including phenoxy) is 1. The van der Waals surface area contributed by atoms with Crippen LogP contribution in [0.3, 0.4) is 0 Å². The molecule has 0 saturated carbocycles. The summed E-state index contributed by atoms with van der Waals surface area (Å²) in [6, 6.07) is 3.26. The Bertz CT molecular complexity index is 534. The number of amides is 2. The summed E-state index contributed by atoms with van der Waals surface area (Å²) in [6.07, 6.45) is -0.558. The van der Waals surface area contributed by atoms with Crippen LogP contribution in [0.2, 0.25) is 0 Å². The molecule has 2 rings (SSSR count). The summed E-state index contributed by atoms with van der Waals surface area (Å²) in [5.41, 5.74) is 0.690. The number of hydrogen-bond donors (Lipinski definition) is 1. The first-order valence-electron chi connectivity index (χ1n) is 6.01. The van der Waals surface area contributed by atoms with Crippen molar-refractivity contribution >= 4 is 17.8 Å². The molecule has 0 unspecified atom stereocenters. The fourth-order valence-electron chi connectivity index (χ4n) is 1.80. The average molecular weight is 263 g/mol. The molecule has 6 heteroatoms. The molecule has 1 aliphatic rings. The Morgan fingerprint density at radius 1 is 1.42 bits per heavy atom. The van der Waals surface area contributed by atoms with Crippen molar-refractivity contribution in [2.24, 2.45) is 0 Å². The van der Waals surface area contributed by atoms with Crippen molar-refractivity contribution in [1.29, 1.82) is 0 Å². The Balaban J connectivity index is 2.10. The summed E-state index contributed by atoms with van der Waals surface area (Å²) < 4.78 is 5.14. The van der Waals surface area contributed by atoms with Crippen molar-refractivity contribution in [3.05, 3.63) is 23.4 Å². The summed E-state index contributed by atoms with van der Waals surface area (Å²) in [5, 5.41) is 2.56. The Morgan fingerprint density at radius 3 is 2.74 bits per heavy atom. The molecule has 0 aliphatic carbocycles. The van der Waals surface area contributed by atoms with Crippen LogP contribution in [-0.2, 0) is 11.3 Å². The van der Waals surface area contributed by atoms with Gasteiger partial charge in [0.05, 0.1) is 17.8 Å². The second-order valence-electron chi connectivity index (χ2n) is 5.48. The van der Waals surface area contributed by atoms with E-state index in [9.17, 15) is 9.59 Å². The fraction of sp³-hybridized carbons (Fsp3) is 0.462. The Labute approximate surface area is 111 Å². The summed E-state index contributed by atoms with van der Waals surface area (Å²) in [5.74, 6) is 0.336. The third kappa shape index (κ3) is 3.01. The fourth-order valence-corrected chi connectivity index (χ4v) is 1.80. The van der Waals surface area contributed by atoms with Crippen LogP contribution < -0.4 is 5.32 Å². The lowest BCUT2D eigenvalue weighted by Crippen LogP contribution is -2.27. The number of fused-ring (bicyclic) bond motifs is 1. The van der Waals surface area contributed by atoms with Crippen molar-refractivity contribution < 1.29 is 14.3 Å². The van der Waals surface area contributed by atoms with E-state index in [1.54, 1.807) is 44.9 Å². The van der Waals surface area contributed by atoms with Gasteiger partial charge in [0.15, 0.2) is 0 Å². The van der Waals surface area contributed by atoms with Gasteiger partial charge in [-0.1, -0.05) is 0 Å². The second kappa shape index (κ2) is 4.53. The predicted octanol–water partition coefficient (Wildman–Crippen LogP) is 2.01. The number of rotatable bonds is 1. The minimum atomic E-state index is -0.559. The molecule has 0 saturated heterocycles. The smallest absolute Gasteiger partial charge is 0.413 e. The Morgan fingerprint density at radius 2 is 2.11 bits per heavy atom. The zero-order chi connectivity index (χ0) is 14.2. The number of anilines is 1. The maximum atomic E-state index is 11.7. The molecule has 102 valence electrons. The Kier molecular flexibility index (Phi) is 3.18. The Hall–Kier alpha value is -2.11. The van der Waals surface area contributed by atoms with Crippen LogP contribution in [0, 0.1) is 0 Å². The van der Waals surface area contributed by atoms with Gasteiger partial charge in [-0.2, -0.15) is 0 Å². The number of carbonyl (C=O) groups is 2. The first-order valence-corrected chi connectivity index (χ1v) is 6.01. The molecule has 0 bridgehead atoms. The molecule has 0 aromatic carbocycles. The van der Waals surface area contributed by atoms with Crippen LogP contribution >= 0.6 is 0 Å². The van der Waals surface area contributed by atoms with Gasteiger partial charge in [-0.3, -0.25) is 10.1 Å². The normalized spacial score (nSPS) is 14.3. The molecule has 0 atom stereocenters. The summed E-state index contributed by atoms with van der Waals surface area (Å²) in [6.45, 7) is 5.82. The van der Waals surface area contributed by atoms with E-state index >= 15 is 0 Å². The lowest BCUT2D eigenvalue weighted by Gasteiger charge is -2.19. The minimum absolute atomic E-state index is 0.0497. The van der Waals surface area contributed by atoms with Crippen LogP contribution in [0.4, 0.5) is 10.6 Å². The summed E-state index contributed by atoms with van der Waals surface area (Å²) in [7, 11) is 1.71. The first-order chi connectivity index (χ1) is 8.76. The molecule has 0 fully saturated rings. The first kappa shape index (κ1) is 13.3. The minimum Gasteiger partial charge on any atom is -0.444 e. The molecule has 2 amide bonds. The van der Waals surface area contributed by atoms with E-state index in [1.807, 2.05) is 0 Å². The molecule has 1 aromatic rings. The highest BCUT2D eigenvalue weighted by atomic mass is 16.6. The standard InChI is InChI=1S/C13H17N3O3/c1-13(2,3)19-12(18)15-10-6-5-8-9(14-10)7-16(4)11(8)17/h5-6H,7H2,1-4H3,(H,14,15,18). The van der Waals surface area contributed by atoms with Crippen LogP contribution in [0.1, 0.15) is 36.8 Å². The van der Waals surface area contributed by atoms with E-state index < -0.39 is 11.7 Å². The highest BCUT2D eigenvalue weighted by Gasteiger charge is 2.26. The van der Waals surface area contributed by atoms with E-state index in [-0.39, 0.29) is 5.91 Å². The maximum Gasteiger partial charge on any atom is 0.413 e. The van der Waals surface area contributed by atoms with Gasteiger partial charge in [0.25, 0.3) is 5.91 Å². The van der Waals surface area contributed by atoms with E-state index in [0.717, 1.165) is 0 Å². The predicted molar refractivity (Wildman–Crippen MR) is 69.9 cm³/mol. The quantitative estimate of drug-likeness (QED) is 0.841. The van der Waals surface area contributed by atoms with Gasteiger partial charge in [-0.15, -0.1) is 0 Å². The van der Waals surface area contributed by atoms with Crippen molar-refractivity contribution in [3.8, 4) is 0 Å². The molecule has 6 nitrogen and oxygen atoms in total. The molecule has 0 spiro atoms. The van der Waals surface area contributed by atoms with Crippen LogP contribution in [-0.4, -0.2) is 34.5 Å². The van der Waals surface area contributed by atoms with Crippen LogP contribution in [0.5, 0.6) is 0 Å². The van der Waals surface area contributed by atoms with Crippen LogP contribution in [0.15, 0.2) is 12.1 Å². The van der Waals surface area contributed by atoms with Gasteiger partial charge in [0.2, 0.25) is 0 Å². The third-order valence-corrected chi connectivity index (χ3v) is 2.57. The van der Waals surface area contributed by atoms with E-state index in [4.69, 9.17) is 4.74 Å². The molecule has 1 N–H and O–H groups in total. The number of carbonyl (C=O) groups excluding carboxylic acids is 2. The third-order valence-electron chi connectivity index (χ3n) is 2.57. The number of nitrogens with one attached hydrogen (secondary N) is 1. The van der Waals surface area contributed by atoms with E-state index in [2.05, 4.69) is 10.3 Å². The molecule has 1 aliphatic heterocycles. The number of hydrogen-bond acceptors (Lipinski definition) is 4. The molecule has 2 heterocycles. The lowest BCUT2D eigenvalue weighted by molar-refractivity contribution is 0.0635. The highest BCUT2D eigenvalue weighted by Crippen LogP contribution is 2.21. The van der Waals surface area contributed by atoms with Crippen molar-refractivity contribution in [2.45, 2.75) is 32.9 Å². The lowest BCUT2D eigenvalue weighted by atomic mass is 10.2. The van der Waals surface area contributed by atoms with Gasteiger partial charge in [-0.05, 0) is 32.9 Å². The molecule has 19 heavy (non-hydrogen) atoms. The molecular formula is C13H17N3O3. The van der Waals surface area contributed by atoms with Crippen molar-refractivity contribution in [2.75, 3.05) is 12.4 Å². The molecule has 1 aromatic heterocycles. The molecular weight excluding hydrogens is 246 g/mol. The average Bonchev–Trinajstić information content (AvgIpc) is 2.51. The highest BCUT2D eigenvalue weighted by molar-refractivity contribution is 5.98. The maximum absolute atomic E-state index is 11.7. The van der Waals surface area contributed by atoms with E-state index in [0.29, 0.717) is 23.6 Å². The van der Waals surface area contributed by atoms with Crippen molar-refractivity contribution in [3.63, 3.8) is 0 Å². The topological polar surface area (TPSA) is 71.5 Å². The zero-order valence-electron chi connectivity index (χ0n) is 11.5. The largest absolute Gasteiger partial charge is 0.444 e. The number of pyridine rings is 1. The van der Waals surface area contributed by atoms with E-state index in [1.165, 1.54) is 0 Å². The van der Waals surface area contributed by atoms with Gasteiger partial charge in [0, 0.05) is 7.05 Å². The summed E-state index contributed by atoms with van der Waals surface area (Å²) in [4.78, 5) is 29.1. The SMILES string of the molecule is CN1Cc2nc(NC(=O)OC(C)(C)C)ccc2C1=O. The molecule has 0 radical (unpaired) electrons. The summed E-state index contributed by atoms with van der Waals surface area (Å²) >= 11 is 0. The number of aromatic nitrogens is 1. The van der Waals surface area contributed by atoms with Gasteiger partial charge in [0.1, 0.15) is 11.4 Å². The zero-order valence-corrected chi connectivity index (χ0v) is 11.5. The second-order valence-corrected chi connectivity index (χ2v) is 5.48. The number of nitrogens with zero attached hydrogens (tertiary/aromatic N) is 2. The van der Waals surface area contributed by atoms with Gasteiger partial charge < -0.3 is 9.64 Å². The van der Waals surface area contributed by atoms with Crippen LogP contribution in [0.25, 0.3) is 0 Å². The van der Waals surface area contributed by atoms with Crippen molar-refractivity contribution in [1.82, 2.24) is 9.88 Å². The van der Waals surface area contributed by atoms with Gasteiger partial charge >= 0.3 is 6.09 Å². The monoisotopic (exact) mass is 263 g/mol.